The number of aliphatic imine (C=N–C) groups is 1. The third-order valence-corrected chi connectivity index (χ3v) is 4.41. The van der Waals surface area contributed by atoms with Crippen LogP contribution in [0.3, 0.4) is 0 Å². The topological polar surface area (TPSA) is 46.1 Å². The maximum absolute atomic E-state index is 5.60. The SMILES string of the molecule is CCCCOCCOCCNC(=NC)N1CC=C(c2ccccc2)CC1.I. The van der Waals surface area contributed by atoms with Crippen LogP contribution in [0.15, 0.2) is 41.4 Å². The van der Waals surface area contributed by atoms with Crippen LogP contribution in [0.5, 0.6) is 0 Å². The zero-order valence-electron chi connectivity index (χ0n) is 16.7. The number of nitrogens with one attached hydrogen (secondary N) is 1. The Kier molecular flexibility index (Phi) is 13.2. The van der Waals surface area contributed by atoms with E-state index in [1.54, 1.807) is 0 Å². The Bertz CT molecular complexity index is 564. The number of rotatable bonds is 10. The Morgan fingerprint density at radius 1 is 1.11 bits per heavy atom. The van der Waals surface area contributed by atoms with Gasteiger partial charge in [0.15, 0.2) is 5.96 Å². The first-order chi connectivity index (χ1) is 12.8. The summed E-state index contributed by atoms with van der Waals surface area (Å²) in [6.07, 6.45) is 5.63. The van der Waals surface area contributed by atoms with Crippen LogP contribution < -0.4 is 5.32 Å². The van der Waals surface area contributed by atoms with Crippen molar-refractivity contribution in [1.29, 1.82) is 0 Å². The van der Waals surface area contributed by atoms with Gasteiger partial charge in [0.1, 0.15) is 0 Å². The van der Waals surface area contributed by atoms with Gasteiger partial charge >= 0.3 is 0 Å². The van der Waals surface area contributed by atoms with Crippen molar-refractivity contribution in [3.63, 3.8) is 0 Å². The third kappa shape index (κ3) is 9.08. The molecule has 0 amide bonds. The summed E-state index contributed by atoms with van der Waals surface area (Å²) in [4.78, 5) is 6.68. The summed E-state index contributed by atoms with van der Waals surface area (Å²) in [6, 6.07) is 10.6. The van der Waals surface area contributed by atoms with Gasteiger partial charge in [-0.25, -0.2) is 0 Å². The summed E-state index contributed by atoms with van der Waals surface area (Å²) in [6.45, 7) is 7.60. The number of hydrogen-bond acceptors (Lipinski definition) is 3. The highest BCUT2D eigenvalue weighted by atomic mass is 127. The third-order valence-electron chi connectivity index (χ3n) is 4.41. The molecule has 1 aromatic carbocycles. The van der Waals surface area contributed by atoms with Crippen LogP contribution in [0.4, 0.5) is 0 Å². The Balaban J connectivity index is 0.00000364. The lowest BCUT2D eigenvalue weighted by molar-refractivity contribution is 0.0486. The van der Waals surface area contributed by atoms with Gasteiger partial charge < -0.3 is 19.7 Å². The van der Waals surface area contributed by atoms with Crippen molar-refractivity contribution in [1.82, 2.24) is 10.2 Å². The smallest absolute Gasteiger partial charge is 0.194 e. The summed E-state index contributed by atoms with van der Waals surface area (Å²) in [7, 11) is 1.83. The van der Waals surface area contributed by atoms with Gasteiger partial charge in [0, 0.05) is 33.3 Å². The zero-order chi connectivity index (χ0) is 18.5. The second kappa shape index (κ2) is 14.9. The molecule has 1 heterocycles. The maximum Gasteiger partial charge on any atom is 0.194 e. The fourth-order valence-corrected chi connectivity index (χ4v) is 2.91. The molecule has 0 aromatic heterocycles. The Morgan fingerprint density at radius 3 is 2.48 bits per heavy atom. The van der Waals surface area contributed by atoms with Crippen LogP contribution in [-0.2, 0) is 9.47 Å². The number of nitrogens with zero attached hydrogens (tertiary/aromatic N) is 2. The number of ether oxygens (including phenoxy) is 2. The van der Waals surface area contributed by atoms with Gasteiger partial charge in [-0.05, 0) is 24.0 Å². The number of benzene rings is 1. The molecule has 0 unspecified atom stereocenters. The highest BCUT2D eigenvalue weighted by Crippen LogP contribution is 2.21. The van der Waals surface area contributed by atoms with Crippen LogP contribution >= 0.6 is 24.0 Å². The maximum atomic E-state index is 5.60. The molecular weight excluding hydrogens is 453 g/mol. The fraction of sp³-hybridized carbons (Fsp3) is 0.571. The number of hydrogen-bond donors (Lipinski definition) is 1. The monoisotopic (exact) mass is 487 g/mol. The lowest BCUT2D eigenvalue weighted by atomic mass is 10.00. The molecule has 0 saturated carbocycles. The average molecular weight is 487 g/mol. The molecule has 0 atom stereocenters. The van der Waals surface area contributed by atoms with Crippen LogP contribution in [0.25, 0.3) is 5.57 Å². The quantitative estimate of drug-likeness (QED) is 0.236. The zero-order valence-corrected chi connectivity index (χ0v) is 19.0. The largest absolute Gasteiger partial charge is 0.379 e. The van der Waals surface area contributed by atoms with E-state index in [1.807, 2.05) is 7.05 Å². The first-order valence-electron chi connectivity index (χ1n) is 9.70. The van der Waals surface area contributed by atoms with E-state index in [-0.39, 0.29) is 24.0 Å². The van der Waals surface area contributed by atoms with E-state index in [1.165, 1.54) is 17.6 Å². The molecule has 0 saturated heterocycles. The Hall–Kier alpha value is -1.12. The van der Waals surface area contributed by atoms with Crippen LogP contribution in [0.1, 0.15) is 31.7 Å². The van der Waals surface area contributed by atoms with E-state index < -0.39 is 0 Å². The molecule has 5 nitrogen and oxygen atoms in total. The van der Waals surface area contributed by atoms with Crippen molar-refractivity contribution < 1.29 is 9.47 Å². The van der Waals surface area contributed by atoms with E-state index in [0.29, 0.717) is 19.8 Å². The minimum Gasteiger partial charge on any atom is -0.379 e. The molecule has 1 aliphatic rings. The van der Waals surface area contributed by atoms with Gasteiger partial charge in [-0.3, -0.25) is 4.99 Å². The minimum atomic E-state index is 0. The summed E-state index contributed by atoms with van der Waals surface area (Å²) in [5, 5.41) is 3.39. The van der Waals surface area contributed by atoms with Gasteiger partial charge in [0.25, 0.3) is 0 Å². The van der Waals surface area contributed by atoms with E-state index in [2.05, 4.69) is 58.5 Å². The Morgan fingerprint density at radius 2 is 1.85 bits per heavy atom. The molecule has 27 heavy (non-hydrogen) atoms. The van der Waals surface area contributed by atoms with Crippen molar-refractivity contribution >= 4 is 35.5 Å². The average Bonchev–Trinajstić information content (AvgIpc) is 2.70. The van der Waals surface area contributed by atoms with Gasteiger partial charge in [0.2, 0.25) is 0 Å². The lowest BCUT2D eigenvalue weighted by Crippen LogP contribution is -2.44. The molecule has 2 rings (SSSR count). The first-order valence-corrected chi connectivity index (χ1v) is 9.70. The molecule has 0 aliphatic carbocycles. The lowest BCUT2D eigenvalue weighted by Gasteiger charge is -2.29. The van der Waals surface area contributed by atoms with Gasteiger partial charge in [-0.15, -0.1) is 24.0 Å². The minimum absolute atomic E-state index is 0. The van der Waals surface area contributed by atoms with Gasteiger partial charge in [-0.2, -0.15) is 0 Å². The molecular formula is C21H34IN3O2. The highest BCUT2D eigenvalue weighted by Gasteiger charge is 2.15. The second-order valence-corrected chi connectivity index (χ2v) is 6.34. The van der Waals surface area contributed by atoms with Crippen LogP contribution in [-0.4, -0.2) is 64.0 Å². The van der Waals surface area contributed by atoms with Crippen molar-refractivity contribution in [2.45, 2.75) is 26.2 Å². The highest BCUT2D eigenvalue weighted by molar-refractivity contribution is 14.0. The van der Waals surface area contributed by atoms with Gasteiger partial charge in [0.05, 0.1) is 19.8 Å². The Labute approximate surface area is 181 Å². The molecule has 6 heteroatoms. The summed E-state index contributed by atoms with van der Waals surface area (Å²) in [5.74, 6) is 0.941. The number of unbranched alkanes of at least 4 members (excludes halogenated alkanes) is 1. The summed E-state index contributed by atoms with van der Waals surface area (Å²) in [5.41, 5.74) is 2.74. The van der Waals surface area contributed by atoms with Crippen LogP contribution in [0.2, 0.25) is 0 Å². The van der Waals surface area contributed by atoms with E-state index >= 15 is 0 Å². The fourth-order valence-electron chi connectivity index (χ4n) is 2.91. The summed E-state index contributed by atoms with van der Waals surface area (Å²) >= 11 is 0. The normalized spacial score (nSPS) is 14.5. The molecule has 0 radical (unpaired) electrons. The second-order valence-electron chi connectivity index (χ2n) is 6.34. The molecule has 1 aliphatic heterocycles. The molecule has 0 fully saturated rings. The predicted molar refractivity (Wildman–Crippen MR) is 124 cm³/mol. The summed E-state index contributed by atoms with van der Waals surface area (Å²) < 4.78 is 11.1. The van der Waals surface area contributed by atoms with Crippen molar-refractivity contribution in [3.8, 4) is 0 Å². The first kappa shape index (κ1) is 23.9. The number of halogens is 1. The standard InChI is InChI=1S/C21H33N3O2.HI/c1-3-4-15-25-17-18-26-16-12-23-21(22-2)24-13-10-20(11-14-24)19-8-6-5-7-9-19;/h5-10H,3-4,11-18H2,1-2H3,(H,22,23);1H. The molecule has 1 aromatic rings. The molecule has 0 spiro atoms. The van der Waals surface area contributed by atoms with E-state index in [4.69, 9.17) is 9.47 Å². The van der Waals surface area contributed by atoms with E-state index in [9.17, 15) is 0 Å². The number of guanidine groups is 1. The molecule has 1 N–H and O–H groups in total. The van der Waals surface area contributed by atoms with E-state index in [0.717, 1.165) is 45.0 Å². The van der Waals surface area contributed by atoms with Gasteiger partial charge in [-0.1, -0.05) is 49.8 Å². The predicted octanol–water partition coefficient (Wildman–Crippen LogP) is 3.80. The van der Waals surface area contributed by atoms with Crippen molar-refractivity contribution in [2.24, 2.45) is 4.99 Å². The molecule has 0 bridgehead atoms. The van der Waals surface area contributed by atoms with Crippen LogP contribution in [0, 0.1) is 0 Å². The molecule has 152 valence electrons. The van der Waals surface area contributed by atoms with Crippen molar-refractivity contribution in [2.75, 3.05) is 53.1 Å². The van der Waals surface area contributed by atoms with Crippen molar-refractivity contribution in [3.05, 3.63) is 42.0 Å².